The summed E-state index contributed by atoms with van der Waals surface area (Å²) in [6.45, 7) is 2.17. The van der Waals surface area contributed by atoms with Crippen LogP contribution in [0.15, 0.2) is 57.2 Å². The molecule has 0 saturated carbocycles. The van der Waals surface area contributed by atoms with Gasteiger partial charge in [0.1, 0.15) is 0 Å². The molecule has 2 aliphatic heterocycles. The third-order valence-electron chi connectivity index (χ3n) is 5.62. The van der Waals surface area contributed by atoms with Gasteiger partial charge >= 0.3 is 0 Å². The maximum atomic E-state index is 13.1. The fourth-order valence-corrected chi connectivity index (χ4v) is 5.90. The number of thioether (sulfide) groups is 1. The van der Waals surface area contributed by atoms with Gasteiger partial charge in [-0.25, -0.2) is 4.21 Å². The highest BCUT2D eigenvalue weighted by Crippen LogP contribution is 2.43. The second-order valence-corrected chi connectivity index (χ2v) is 9.44. The summed E-state index contributed by atoms with van der Waals surface area (Å²) in [5, 5.41) is 0. The molecule has 1 fully saturated rings. The first kappa shape index (κ1) is 18.1. The van der Waals surface area contributed by atoms with Crippen molar-refractivity contribution in [3.05, 3.63) is 42.5 Å². The average Bonchev–Trinajstić information content (AvgIpc) is 2.69. The van der Waals surface area contributed by atoms with Gasteiger partial charge in [-0.3, -0.25) is 0 Å². The summed E-state index contributed by atoms with van der Waals surface area (Å²) in [5.41, 5.74) is 2.22. The molecule has 0 bridgehead atoms. The predicted octanol–water partition coefficient (Wildman–Crippen LogP) is 4.90. The van der Waals surface area contributed by atoms with E-state index in [0.717, 1.165) is 34.1 Å². The normalized spacial score (nSPS) is 22.8. The highest BCUT2D eigenvalue weighted by Gasteiger charge is 2.29. The van der Waals surface area contributed by atoms with Crippen LogP contribution in [-0.2, 0) is 10.8 Å². The molecule has 2 atom stereocenters. The van der Waals surface area contributed by atoms with Crippen molar-refractivity contribution >= 4 is 33.9 Å². The Morgan fingerprint density at radius 2 is 1.92 bits per heavy atom. The van der Waals surface area contributed by atoms with Crippen LogP contribution in [0.2, 0.25) is 0 Å². The summed E-state index contributed by atoms with van der Waals surface area (Å²) in [6, 6.07) is 15.2. The Morgan fingerprint density at radius 1 is 1.12 bits per heavy atom. The molecule has 0 N–H and O–H groups in total. The zero-order valence-electron chi connectivity index (χ0n) is 15.5. The number of rotatable bonds is 4. The van der Waals surface area contributed by atoms with Crippen molar-refractivity contribution in [3.8, 4) is 0 Å². The van der Waals surface area contributed by atoms with E-state index < -0.39 is 10.8 Å². The minimum Gasteiger partial charge on any atom is -0.339 e. The Morgan fingerprint density at radius 3 is 2.73 bits per heavy atom. The lowest BCUT2D eigenvalue weighted by Crippen LogP contribution is -2.39. The van der Waals surface area contributed by atoms with Crippen molar-refractivity contribution in [3.63, 3.8) is 0 Å². The lowest BCUT2D eigenvalue weighted by molar-refractivity contribution is 0.178. The van der Waals surface area contributed by atoms with Crippen molar-refractivity contribution in [1.29, 1.82) is 0 Å². The molecule has 0 amide bonds. The lowest BCUT2D eigenvalue weighted by Gasteiger charge is -2.37. The minimum absolute atomic E-state index is 0.649. The number of anilines is 2. The molecule has 2 aromatic carbocycles. The summed E-state index contributed by atoms with van der Waals surface area (Å²) >= 11 is 1.74. The van der Waals surface area contributed by atoms with Crippen molar-refractivity contribution in [2.24, 2.45) is 0 Å². The lowest BCUT2D eigenvalue weighted by atomic mass is 9.99. The highest BCUT2D eigenvalue weighted by atomic mass is 32.2. The summed E-state index contributed by atoms with van der Waals surface area (Å²) in [5.74, 6) is 0. The van der Waals surface area contributed by atoms with Gasteiger partial charge in [-0.15, -0.1) is 11.8 Å². The minimum atomic E-state index is -1.10. The number of benzene rings is 2. The van der Waals surface area contributed by atoms with Gasteiger partial charge in [0, 0.05) is 17.5 Å². The zero-order chi connectivity index (χ0) is 18.1. The van der Waals surface area contributed by atoms with Crippen molar-refractivity contribution < 1.29 is 4.21 Å². The molecule has 1 saturated heterocycles. The second kappa shape index (κ2) is 7.75. The first-order valence-corrected chi connectivity index (χ1v) is 11.7. The number of piperidine rings is 1. The summed E-state index contributed by atoms with van der Waals surface area (Å²) < 4.78 is 13.1. The standard InChI is InChI=1S/C21H26N2OS2/c1-22-13-6-5-7-16(22)12-14-23-18-8-3-4-9-20(18)26(24)21-11-10-17(25-2)15-19(21)23/h3-4,8-11,15-16H,5-7,12-14H2,1-2H3/t16-,26+/m0/s1. The Kier molecular flexibility index (Phi) is 5.39. The monoisotopic (exact) mass is 386 g/mol. The smallest absolute Gasteiger partial charge is 0.0892 e. The third kappa shape index (κ3) is 3.32. The van der Waals surface area contributed by atoms with Gasteiger partial charge in [-0.1, -0.05) is 18.6 Å². The van der Waals surface area contributed by atoms with E-state index in [9.17, 15) is 4.21 Å². The van der Waals surface area contributed by atoms with Gasteiger partial charge < -0.3 is 9.80 Å². The number of para-hydroxylation sites is 1. The maximum absolute atomic E-state index is 13.1. The number of likely N-dealkylation sites (tertiary alicyclic amines) is 1. The van der Waals surface area contributed by atoms with E-state index in [1.165, 1.54) is 30.7 Å². The van der Waals surface area contributed by atoms with E-state index in [1.54, 1.807) is 11.8 Å². The summed E-state index contributed by atoms with van der Waals surface area (Å²) in [6.07, 6.45) is 7.17. The topological polar surface area (TPSA) is 23.6 Å². The van der Waals surface area contributed by atoms with Crippen molar-refractivity contribution in [2.75, 3.05) is 31.3 Å². The molecular formula is C21H26N2OS2. The Hall–Kier alpha value is -1.30. The van der Waals surface area contributed by atoms with E-state index in [0.29, 0.717) is 6.04 Å². The molecule has 0 aliphatic carbocycles. The average molecular weight is 387 g/mol. The Bertz CT molecular complexity index is 823. The molecule has 0 unspecified atom stereocenters. The van der Waals surface area contributed by atoms with Crippen LogP contribution in [0.25, 0.3) is 0 Å². The van der Waals surface area contributed by atoms with E-state index in [4.69, 9.17) is 0 Å². The van der Waals surface area contributed by atoms with Crippen LogP contribution in [0.1, 0.15) is 25.7 Å². The molecule has 0 spiro atoms. The fourth-order valence-electron chi connectivity index (χ4n) is 4.10. The first-order chi connectivity index (χ1) is 12.7. The molecule has 138 valence electrons. The first-order valence-electron chi connectivity index (χ1n) is 9.35. The SMILES string of the molecule is CSc1ccc2c(c1)N(CC[C@@H]1CCCCN1C)c1ccccc1[S@]2=O. The van der Waals surface area contributed by atoms with E-state index in [-0.39, 0.29) is 0 Å². The zero-order valence-corrected chi connectivity index (χ0v) is 17.1. The van der Waals surface area contributed by atoms with Crippen LogP contribution in [0.5, 0.6) is 0 Å². The van der Waals surface area contributed by atoms with Crippen LogP contribution in [0.4, 0.5) is 11.4 Å². The molecule has 0 radical (unpaired) electrons. The van der Waals surface area contributed by atoms with Crippen LogP contribution >= 0.6 is 11.8 Å². The number of nitrogens with zero attached hydrogens (tertiary/aromatic N) is 2. The molecule has 26 heavy (non-hydrogen) atoms. The van der Waals surface area contributed by atoms with Crippen LogP contribution < -0.4 is 4.90 Å². The third-order valence-corrected chi connectivity index (χ3v) is 7.83. The molecular weight excluding hydrogens is 360 g/mol. The molecule has 0 aromatic heterocycles. The van der Waals surface area contributed by atoms with Crippen LogP contribution in [-0.4, -0.2) is 41.5 Å². The van der Waals surface area contributed by atoms with Crippen LogP contribution in [0, 0.1) is 0 Å². The van der Waals surface area contributed by atoms with Gasteiger partial charge in [-0.2, -0.15) is 0 Å². The van der Waals surface area contributed by atoms with Crippen molar-refractivity contribution in [1.82, 2.24) is 4.90 Å². The number of fused-ring (bicyclic) bond motifs is 2. The van der Waals surface area contributed by atoms with E-state index in [1.807, 2.05) is 18.2 Å². The largest absolute Gasteiger partial charge is 0.339 e. The Balaban J connectivity index is 1.68. The van der Waals surface area contributed by atoms with Gasteiger partial charge in [0.15, 0.2) is 0 Å². The summed E-state index contributed by atoms with van der Waals surface area (Å²) in [7, 11) is 1.16. The van der Waals surface area contributed by atoms with Gasteiger partial charge in [0.05, 0.1) is 32.0 Å². The quantitative estimate of drug-likeness (QED) is 0.697. The molecule has 5 heteroatoms. The van der Waals surface area contributed by atoms with Crippen LogP contribution in [0.3, 0.4) is 0 Å². The highest BCUT2D eigenvalue weighted by molar-refractivity contribution is 7.98. The number of hydrogen-bond donors (Lipinski definition) is 0. The predicted molar refractivity (Wildman–Crippen MR) is 111 cm³/mol. The molecule has 2 heterocycles. The fraction of sp³-hybridized carbons (Fsp3) is 0.429. The van der Waals surface area contributed by atoms with E-state index in [2.05, 4.69) is 47.4 Å². The molecule has 3 nitrogen and oxygen atoms in total. The molecule has 4 rings (SSSR count). The number of hydrogen-bond acceptors (Lipinski definition) is 4. The summed E-state index contributed by atoms with van der Waals surface area (Å²) in [4.78, 5) is 8.01. The molecule has 2 aliphatic rings. The van der Waals surface area contributed by atoms with Crippen molar-refractivity contribution in [2.45, 2.75) is 46.4 Å². The van der Waals surface area contributed by atoms with Gasteiger partial charge in [0.25, 0.3) is 0 Å². The Labute approximate surface area is 163 Å². The van der Waals surface area contributed by atoms with Gasteiger partial charge in [-0.05, 0) is 69.4 Å². The van der Waals surface area contributed by atoms with E-state index >= 15 is 0 Å². The maximum Gasteiger partial charge on any atom is 0.0892 e. The molecule has 2 aromatic rings. The second-order valence-electron chi connectivity index (χ2n) is 7.14. The van der Waals surface area contributed by atoms with Gasteiger partial charge in [0.2, 0.25) is 0 Å².